The maximum Gasteiger partial charge on any atom is 0.0813 e. The lowest BCUT2D eigenvalue weighted by atomic mass is 9.93. The number of thiophene rings is 1. The van der Waals surface area contributed by atoms with E-state index in [2.05, 4.69) is 39.6 Å². The molecule has 1 aliphatic carbocycles. The molecule has 17 heavy (non-hydrogen) atoms. The zero-order valence-corrected chi connectivity index (χ0v) is 12.6. The van der Waals surface area contributed by atoms with Crippen LogP contribution < -0.4 is 5.32 Å². The molecular formula is C13H20BrNOS. The summed E-state index contributed by atoms with van der Waals surface area (Å²) in [5, 5.41) is 5.63. The Morgan fingerprint density at radius 1 is 1.41 bits per heavy atom. The van der Waals surface area contributed by atoms with Crippen molar-refractivity contribution in [1.29, 1.82) is 0 Å². The van der Waals surface area contributed by atoms with Crippen molar-refractivity contribution in [3.05, 3.63) is 20.8 Å². The summed E-state index contributed by atoms with van der Waals surface area (Å²) < 4.78 is 7.13. The number of rotatable bonds is 5. The second kappa shape index (κ2) is 6.88. The first-order valence-electron chi connectivity index (χ1n) is 6.36. The van der Waals surface area contributed by atoms with E-state index in [4.69, 9.17) is 4.74 Å². The fraction of sp³-hybridized carbons (Fsp3) is 0.692. The van der Waals surface area contributed by atoms with Gasteiger partial charge in [0, 0.05) is 20.8 Å². The van der Waals surface area contributed by atoms with Crippen LogP contribution in [0, 0.1) is 0 Å². The van der Waals surface area contributed by atoms with E-state index in [1.54, 1.807) is 11.3 Å². The van der Waals surface area contributed by atoms with Crippen LogP contribution in [0.4, 0.5) is 0 Å². The second-order valence-electron chi connectivity index (χ2n) is 4.57. The van der Waals surface area contributed by atoms with Crippen LogP contribution in [0.3, 0.4) is 0 Å². The Bertz CT molecular complexity index is 334. The zero-order chi connectivity index (χ0) is 12.1. The van der Waals surface area contributed by atoms with Crippen molar-refractivity contribution >= 4 is 27.3 Å². The molecule has 1 aromatic heterocycles. The van der Waals surface area contributed by atoms with Crippen LogP contribution in [-0.2, 0) is 11.3 Å². The Hall–Kier alpha value is 0.1000. The highest BCUT2D eigenvalue weighted by molar-refractivity contribution is 9.10. The molecule has 1 saturated carbocycles. The Kier molecular flexibility index (Phi) is 5.48. The lowest BCUT2D eigenvalue weighted by Gasteiger charge is -2.28. The van der Waals surface area contributed by atoms with Gasteiger partial charge in [0.05, 0.1) is 12.7 Å². The molecule has 0 saturated heterocycles. The summed E-state index contributed by atoms with van der Waals surface area (Å²) >= 11 is 5.23. The van der Waals surface area contributed by atoms with Crippen molar-refractivity contribution in [2.75, 3.05) is 6.54 Å². The van der Waals surface area contributed by atoms with Gasteiger partial charge in [0.2, 0.25) is 0 Å². The summed E-state index contributed by atoms with van der Waals surface area (Å²) in [5.74, 6) is 0. The van der Waals surface area contributed by atoms with Crippen LogP contribution in [0.1, 0.15) is 37.5 Å². The van der Waals surface area contributed by atoms with E-state index >= 15 is 0 Å². The van der Waals surface area contributed by atoms with Gasteiger partial charge in [-0.15, -0.1) is 11.3 Å². The predicted molar refractivity (Wildman–Crippen MR) is 76.5 cm³/mol. The normalized spacial score (nSPS) is 25.1. The second-order valence-corrected chi connectivity index (χ2v) is 6.49. The number of hydrogen-bond acceptors (Lipinski definition) is 3. The molecule has 1 aromatic rings. The number of hydrogen-bond donors (Lipinski definition) is 1. The SMILES string of the molecule is CCNC1CCC(OCc2cc(Br)cs2)CC1. The minimum atomic E-state index is 0.464. The highest BCUT2D eigenvalue weighted by Gasteiger charge is 2.20. The van der Waals surface area contributed by atoms with Gasteiger partial charge in [0.15, 0.2) is 0 Å². The van der Waals surface area contributed by atoms with Gasteiger partial charge in [-0.25, -0.2) is 0 Å². The Balaban J connectivity index is 1.68. The first kappa shape index (κ1) is 13.5. The molecule has 2 nitrogen and oxygen atoms in total. The summed E-state index contributed by atoms with van der Waals surface area (Å²) in [6.07, 6.45) is 5.37. The first-order valence-corrected chi connectivity index (χ1v) is 8.03. The van der Waals surface area contributed by atoms with Gasteiger partial charge in [-0.05, 0) is 54.2 Å². The van der Waals surface area contributed by atoms with Crippen LogP contribution in [0.2, 0.25) is 0 Å². The van der Waals surface area contributed by atoms with Crippen molar-refractivity contribution in [2.45, 2.75) is 51.4 Å². The molecule has 0 spiro atoms. The van der Waals surface area contributed by atoms with E-state index in [-0.39, 0.29) is 0 Å². The van der Waals surface area contributed by atoms with E-state index in [1.807, 2.05) is 0 Å². The third-order valence-electron chi connectivity index (χ3n) is 3.25. The van der Waals surface area contributed by atoms with E-state index in [1.165, 1.54) is 30.6 Å². The van der Waals surface area contributed by atoms with Gasteiger partial charge in [-0.2, -0.15) is 0 Å². The molecule has 0 atom stereocenters. The Morgan fingerprint density at radius 3 is 2.76 bits per heavy atom. The summed E-state index contributed by atoms with van der Waals surface area (Å²) in [7, 11) is 0. The molecule has 0 amide bonds. The average molecular weight is 318 g/mol. The Labute approximate surface area is 116 Å². The highest BCUT2D eigenvalue weighted by atomic mass is 79.9. The van der Waals surface area contributed by atoms with Crippen molar-refractivity contribution < 1.29 is 4.74 Å². The largest absolute Gasteiger partial charge is 0.373 e. The van der Waals surface area contributed by atoms with E-state index < -0.39 is 0 Å². The molecule has 1 aliphatic rings. The molecule has 1 heterocycles. The van der Waals surface area contributed by atoms with Crippen LogP contribution in [0.5, 0.6) is 0 Å². The average Bonchev–Trinajstić information content (AvgIpc) is 2.75. The first-order chi connectivity index (χ1) is 8.28. The summed E-state index contributed by atoms with van der Waals surface area (Å²) in [5.41, 5.74) is 0. The number of halogens is 1. The topological polar surface area (TPSA) is 21.3 Å². The fourth-order valence-electron chi connectivity index (χ4n) is 2.35. The maximum absolute atomic E-state index is 5.97. The third-order valence-corrected chi connectivity index (χ3v) is 4.92. The molecule has 1 fully saturated rings. The summed E-state index contributed by atoms with van der Waals surface area (Å²) in [6, 6.07) is 2.87. The number of ether oxygens (including phenoxy) is 1. The van der Waals surface area contributed by atoms with Gasteiger partial charge in [0.1, 0.15) is 0 Å². The van der Waals surface area contributed by atoms with Gasteiger partial charge in [-0.1, -0.05) is 6.92 Å². The molecule has 0 radical (unpaired) electrons. The molecule has 0 aliphatic heterocycles. The molecule has 0 bridgehead atoms. The monoisotopic (exact) mass is 317 g/mol. The standard InChI is InChI=1S/C13H20BrNOS/c1-2-15-11-3-5-12(6-4-11)16-8-13-7-10(14)9-17-13/h7,9,11-12,15H,2-6,8H2,1H3. The third kappa shape index (κ3) is 4.36. The lowest BCUT2D eigenvalue weighted by Crippen LogP contribution is -2.35. The summed E-state index contributed by atoms with van der Waals surface area (Å²) in [4.78, 5) is 1.31. The van der Waals surface area contributed by atoms with Crippen LogP contribution in [0.15, 0.2) is 15.9 Å². The van der Waals surface area contributed by atoms with Crippen LogP contribution in [-0.4, -0.2) is 18.7 Å². The minimum Gasteiger partial charge on any atom is -0.373 e. The van der Waals surface area contributed by atoms with Crippen molar-refractivity contribution in [3.63, 3.8) is 0 Å². The van der Waals surface area contributed by atoms with E-state index in [0.717, 1.165) is 23.7 Å². The van der Waals surface area contributed by atoms with Crippen molar-refractivity contribution in [3.8, 4) is 0 Å². The molecule has 4 heteroatoms. The van der Waals surface area contributed by atoms with E-state index in [9.17, 15) is 0 Å². The zero-order valence-electron chi connectivity index (χ0n) is 10.2. The molecule has 1 N–H and O–H groups in total. The number of nitrogens with one attached hydrogen (secondary N) is 1. The van der Waals surface area contributed by atoms with Gasteiger partial charge >= 0.3 is 0 Å². The summed E-state index contributed by atoms with van der Waals surface area (Å²) in [6.45, 7) is 4.03. The quantitative estimate of drug-likeness (QED) is 0.888. The van der Waals surface area contributed by atoms with Gasteiger partial charge in [-0.3, -0.25) is 0 Å². The van der Waals surface area contributed by atoms with Crippen LogP contribution >= 0.6 is 27.3 Å². The van der Waals surface area contributed by atoms with Crippen LogP contribution in [0.25, 0.3) is 0 Å². The molecule has 0 unspecified atom stereocenters. The minimum absolute atomic E-state index is 0.464. The predicted octanol–water partition coefficient (Wildman–Crippen LogP) is 3.95. The smallest absolute Gasteiger partial charge is 0.0813 e. The fourth-order valence-corrected chi connectivity index (χ4v) is 3.72. The van der Waals surface area contributed by atoms with Crippen molar-refractivity contribution in [1.82, 2.24) is 5.32 Å². The Morgan fingerprint density at radius 2 is 2.18 bits per heavy atom. The maximum atomic E-state index is 5.97. The highest BCUT2D eigenvalue weighted by Crippen LogP contribution is 2.25. The lowest BCUT2D eigenvalue weighted by molar-refractivity contribution is 0.0127. The molecule has 0 aromatic carbocycles. The molecule has 96 valence electrons. The van der Waals surface area contributed by atoms with Gasteiger partial charge < -0.3 is 10.1 Å². The molecule has 2 rings (SSSR count). The molecular weight excluding hydrogens is 298 g/mol. The van der Waals surface area contributed by atoms with E-state index in [0.29, 0.717) is 6.10 Å². The van der Waals surface area contributed by atoms with Crippen molar-refractivity contribution in [2.24, 2.45) is 0 Å². The van der Waals surface area contributed by atoms with Gasteiger partial charge in [0.25, 0.3) is 0 Å².